The van der Waals surface area contributed by atoms with Crippen LogP contribution in [0.3, 0.4) is 0 Å². The van der Waals surface area contributed by atoms with Crippen LogP contribution in [0.4, 0.5) is 5.69 Å². The lowest BCUT2D eigenvalue weighted by molar-refractivity contribution is 0.108. The summed E-state index contributed by atoms with van der Waals surface area (Å²) in [6.45, 7) is 0. The van der Waals surface area contributed by atoms with Crippen LogP contribution >= 0.6 is 11.6 Å². The summed E-state index contributed by atoms with van der Waals surface area (Å²) in [5, 5.41) is -0.470. The highest BCUT2D eigenvalue weighted by atomic mass is 35.5. The van der Waals surface area contributed by atoms with Gasteiger partial charge in [-0.05, 0) is 35.9 Å². The summed E-state index contributed by atoms with van der Waals surface area (Å²) in [6.07, 6.45) is 0. The molecule has 0 unspecified atom stereocenters. The van der Waals surface area contributed by atoms with E-state index in [1.807, 2.05) is 56.6 Å². The number of aromatic nitrogens is 2. The predicted octanol–water partition coefficient (Wildman–Crippen LogP) is 5.86. The number of carbonyl (C=O) groups excluding carboxylic acids is 1. The Balaban J connectivity index is 1.82. The van der Waals surface area contributed by atoms with Crippen LogP contribution in [0, 0.1) is 0 Å². The topological polar surface area (TPSA) is 49.0 Å². The second kappa shape index (κ2) is 7.94. The molecule has 0 atom stereocenters. The van der Waals surface area contributed by atoms with Crippen molar-refractivity contribution in [3.8, 4) is 33.9 Å². The van der Waals surface area contributed by atoms with E-state index in [4.69, 9.17) is 16.6 Å². The molecule has 4 aromatic rings. The van der Waals surface area contributed by atoms with E-state index in [9.17, 15) is 4.79 Å². The second-order valence-electron chi connectivity index (χ2n) is 6.97. The van der Waals surface area contributed by atoms with Crippen LogP contribution in [0.25, 0.3) is 33.9 Å². The first kappa shape index (κ1) is 19.0. The summed E-state index contributed by atoms with van der Waals surface area (Å²) in [5.41, 5.74) is 6.42. The van der Waals surface area contributed by atoms with Crippen LogP contribution in [0.5, 0.6) is 0 Å². The zero-order chi connectivity index (χ0) is 20.4. The van der Waals surface area contributed by atoms with Gasteiger partial charge >= 0.3 is 0 Å². The van der Waals surface area contributed by atoms with Gasteiger partial charge < -0.3 is 9.88 Å². The number of aromatic amines is 1. The monoisotopic (exact) mass is 401 g/mol. The number of imidazole rings is 1. The number of benzene rings is 3. The van der Waals surface area contributed by atoms with Gasteiger partial charge in [-0.1, -0.05) is 54.6 Å². The lowest BCUT2D eigenvalue weighted by Crippen LogP contribution is -2.07. The SMILES string of the molecule is CN(C)c1ccc(-c2[nH]c(-c3ccc(C(=O)Cl)cc3)nc2-c2ccccc2)cc1. The summed E-state index contributed by atoms with van der Waals surface area (Å²) >= 11 is 5.56. The summed E-state index contributed by atoms with van der Waals surface area (Å²) in [4.78, 5) is 21.7. The van der Waals surface area contributed by atoms with Crippen molar-refractivity contribution in [3.05, 3.63) is 84.4 Å². The Morgan fingerprint density at radius 3 is 2.03 bits per heavy atom. The molecule has 144 valence electrons. The van der Waals surface area contributed by atoms with Crippen LogP contribution in [0.15, 0.2) is 78.9 Å². The number of rotatable bonds is 5. The van der Waals surface area contributed by atoms with E-state index < -0.39 is 5.24 Å². The highest BCUT2D eigenvalue weighted by molar-refractivity contribution is 6.67. The first-order chi connectivity index (χ1) is 14.0. The Labute approximate surface area is 174 Å². The van der Waals surface area contributed by atoms with Crippen molar-refractivity contribution in [3.63, 3.8) is 0 Å². The second-order valence-corrected chi connectivity index (χ2v) is 7.31. The first-order valence-electron chi connectivity index (χ1n) is 9.26. The maximum absolute atomic E-state index is 11.3. The minimum atomic E-state index is -0.470. The van der Waals surface area contributed by atoms with Crippen molar-refractivity contribution in [2.45, 2.75) is 0 Å². The molecule has 0 aliphatic rings. The average Bonchev–Trinajstić information content (AvgIpc) is 3.20. The van der Waals surface area contributed by atoms with Gasteiger partial charge in [0.15, 0.2) is 0 Å². The number of anilines is 1. The van der Waals surface area contributed by atoms with Gasteiger partial charge in [0.1, 0.15) is 5.82 Å². The molecule has 0 bridgehead atoms. The number of carbonyl (C=O) groups is 1. The molecule has 0 fully saturated rings. The van der Waals surface area contributed by atoms with E-state index in [2.05, 4.69) is 34.1 Å². The smallest absolute Gasteiger partial charge is 0.252 e. The molecule has 1 N–H and O–H groups in total. The maximum Gasteiger partial charge on any atom is 0.252 e. The Bertz CT molecular complexity index is 1130. The Hall–Kier alpha value is -3.37. The van der Waals surface area contributed by atoms with Crippen LogP contribution in [-0.4, -0.2) is 29.3 Å². The third-order valence-corrected chi connectivity index (χ3v) is 5.03. The fraction of sp³-hybridized carbons (Fsp3) is 0.0833. The molecule has 0 saturated heterocycles. The summed E-state index contributed by atoms with van der Waals surface area (Å²) in [7, 11) is 4.04. The van der Waals surface area contributed by atoms with Crippen molar-refractivity contribution in [2.75, 3.05) is 19.0 Å². The fourth-order valence-electron chi connectivity index (χ4n) is 3.21. The zero-order valence-electron chi connectivity index (χ0n) is 16.2. The molecule has 1 aromatic heterocycles. The van der Waals surface area contributed by atoms with Crippen molar-refractivity contribution < 1.29 is 4.79 Å². The van der Waals surface area contributed by atoms with Gasteiger partial charge in [-0.25, -0.2) is 4.98 Å². The van der Waals surface area contributed by atoms with Crippen LogP contribution in [0.2, 0.25) is 0 Å². The van der Waals surface area contributed by atoms with E-state index in [1.165, 1.54) is 0 Å². The maximum atomic E-state index is 11.3. The Morgan fingerprint density at radius 1 is 0.828 bits per heavy atom. The van der Waals surface area contributed by atoms with E-state index in [0.717, 1.165) is 39.6 Å². The molecule has 4 rings (SSSR count). The zero-order valence-corrected chi connectivity index (χ0v) is 16.9. The molecule has 5 heteroatoms. The Morgan fingerprint density at radius 2 is 1.45 bits per heavy atom. The highest BCUT2D eigenvalue weighted by Crippen LogP contribution is 2.33. The molecule has 0 aliphatic heterocycles. The minimum Gasteiger partial charge on any atom is -0.378 e. The van der Waals surface area contributed by atoms with Crippen molar-refractivity contribution in [1.82, 2.24) is 9.97 Å². The largest absolute Gasteiger partial charge is 0.378 e. The molecule has 1 heterocycles. The number of nitrogens with zero attached hydrogens (tertiary/aromatic N) is 2. The lowest BCUT2D eigenvalue weighted by Gasteiger charge is -2.12. The first-order valence-corrected chi connectivity index (χ1v) is 9.64. The molecule has 0 aliphatic carbocycles. The quantitative estimate of drug-likeness (QED) is 0.426. The molecule has 4 nitrogen and oxygen atoms in total. The molecule has 0 radical (unpaired) electrons. The highest BCUT2D eigenvalue weighted by Gasteiger charge is 2.15. The molecule has 0 amide bonds. The minimum absolute atomic E-state index is 0.463. The van der Waals surface area contributed by atoms with Crippen molar-refractivity contribution in [2.24, 2.45) is 0 Å². The average molecular weight is 402 g/mol. The van der Waals surface area contributed by atoms with Crippen molar-refractivity contribution >= 4 is 22.5 Å². The predicted molar refractivity (Wildman–Crippen MR) is 119 cm³/mol. The molecule has 3 aromatic carbocycles. The van der Waals surface area contributed by atoms with Gasteiger partial charge in [0, 0.05) is 42.0 Å². The van der Waals surface area contributed by atoms with E-state index in [0.29, 0.717) is 5.56 Å². The summed E-state index contributed by atoms with van der Waals surface area (Å²) in [6, 6.07) is 25.6. The number of H-pyrrole nitrogens is 1. The number of halogens is 1. The lowest BCUT2D eigenvalue weighted by atomic mass is 10.0. The molecular formula is C24H20ClN3O. The van der Waals surface area contributed by atoms with Gasteiger partial charge in [0.25, 0.3) is 5.24 Å². The fourth-order valence-corrected chi connectivity index (χ4v) is 3.34. The molecule has 29 heavy (non-hydrogen) atoms. The van der Waals surface area contributed by atoms with E-state index in [1.54, 1.807) is 12.1 Å². The number of hydrogen-bond acceptors (Lipinski definition) is 3. The molecular weight excluding hydrogens is 382 g/mol. The van der Waals surface area contributed by atoms with Gasteiger partial charge in [-0.3, -0.25) is 4.79 Å². The summed E-state index contributed by atoms with van der Waals surface area (Å²) in [5.74, 6) is 0.740. The van der Waals surface area contributed by atoms with E-state index in [-0.39, 0.29) is 0 Å². The number of nitrogens with one attached hydrogen (secondary N) is 1. The number of hydrogen-bond donors (Lipinski definition) is 1. The standard InChI is InChI=1S/C24H20ClN3O/c1-28(2)20-14-12-17(13-15-20)22-21(16-6-4-3-5-7-16)26-24(27-22)19-10-8-18(9-11-19)23(25)29/h3-15H,1-2H3,(H,26,27). The summed E-state index contributed by atoms with van der Waals surface area (Å²) < 4.78 is 0. The van der Waals surface area contributed by atoms with Gasteiger partial charge in [-0.15, -0.1) is 0 Å². The van der Waals surface area contributed by atoms with Gasteiger partial charge in [-0.2, -0.15) is 0 Å². The normalized spacial score (nSPS) is 10.7. The third-order valence-electron chi connectivity index (χ3n) is 4.81. The van der Waals surface area contributed by atoms with Crippen molar-refractivity contribution in [1.29, 1.82) is 0 Å². The Kier molecular flexibility index (Phi) is 5.19. The van der Waals surface area contributed by atoms with Gasteiger partial charge in [0.2, 0.25) is 0 Å². The third kappa shape index (κ3) is 3.93. The molecule has 0 saturated carbocycles. The van der Waals surface area contributed by atoms with Crippen LogP contribution in [0.1, 0.15) is 10.4 Å². The van der Waals surface area contributed by atoms with Crippen LogP contribution < -0.4 is 4.90 Å². The van der Waals surface area contributed by atoms with Crippen LogP contribution in [-0.2, 0) is 0 Å². The van der Waals surface area contributed by atoms with Gasteiger partial charge in [0.05, 0.1) is 11.4 Å². The van der Waals surface area contributed by atoms with E-state index >= 15 is 0 Å². The molecule has 0 spiro atoms.